The number of rotatable bonds is 4. The van der Waals surface area contributed by atoms with Crippen molar-refractivity contribution in [3.8, 4) is 5.75 Å². The van der Waals surface area contributed by atoms with Gasteiger partial charge in [-0.2, -0.15) is 4.31 Å². The van der Waals surface area contributed by atoms with Gasteiger partial charge in [0.1, 0.15) is 11.6 Å². The first-order chi connectivity index (χ1) is 12.4. The number of hydrogen-bond donors (Lipinski definition) is 0. The van der Waals surface area contributed by atoms with Crippen LogP contribution in [0.4, 0.5) is 10.2 Å². The zero-order chi connectivity index (χ0) is 18.5. The fourth-order valence-corrected chi connectivity index (χ4v) is 5.53. The van der Waals surface area contributed by atoms with Crippen molar-refractivity contribution in [2.45, 2.75) is 30.3 Å². The van der Waals surface area contributed by atoms with Crippen LogP contribution in [0.1, 0.15) is 12.2 Å². The molecule has 1 aromatic heterocycles. The third kappa shape index (κ3) is 2.71. The van der Waals surface area contributed by atoms with E-state index in [1.54, 1.807) is 6.20 Å². The Morgan fingerprint density at radius 1 is 1.23 bits per heavy atom. The number of halogens is 1. The molecule has 5 rings (SSSR count). The summed E-state index contributed by atoms with van der Waals surface area (Å²) in [4.78, 5) is 10.5. The third-order valence-corrected chi connectivity index (χ3v) is 6.91. The Kier molecular flexibility index (Phi) is 4.07. The van der Waals surface area contributed by atoms with Crippen LogP contribution >= 0.6 is 0 Å². The number of anilines is 1. The number of fused-ring (bicyclic) bond motifs is 2. The summed E-state index contributed by atoms with van der Waals surface area (Å²) < 4.78 is 46.2. The number of aryl methyl sites for hydroxylation is 1. The van der Waals surface area contributed by atoms with Gasteiger partial charge >= 0.3 is 0 Å². The maximum absolute atomic E-state index is 13.9. The van der Waals surface area contributed by atoms with Gasteiger partial charge in [0.15, 0.2) is 11.6 Å². The number of aromatic nitrogens is 2. The molecule has 138 valence electrons. The van der Waals surface area contributed by atoms with E-state index < -0.39 is 15.8 Å². The van der Waals surface area contributed by atoms with Crippen LogP contribution in [0.15, 0.2) is 35.4 Å². The number of hydrogen-bond acceptors (Lipinski definition) is 6. The van der Waals surface area contributed by atoms with Gasteiger partial charge in [-0.25, -0.2) is 22.8 Å². The Hall–Kier alpha value is -2.26. The molecule has 0 amide bonds. The molecule has 3 fully saturated rings. The topological polar surface area (TPSA) is 75.6 Å². The highest BCUT2D eigenvalue weighted by Gasteiger charge is 2.51. The summed E-state index contributed by atoms with van der Waals surface area (Å²) in [7, 11) is -2.40. The lowest BCUT2D eigenvalue weighted by atomic mass is 9.91. The Balaban J connectivity index is 1.56. The summed E-state index contributed by atoms with van der Waals surface area (Å²) in [6, 6.07) is 5.30. The second-order valence-electron chi connectivity index (χ2n) is 6.54. The highest BCUT2D eigenvalue weighted by Crippen LogP contribution is 2.39. The van der Waals surface area contributed by atoms with Crippen LogP contribution < -0.4 is 9.64 Å². The van der Waals surface area contributed by atoms with E-state index >= 15 is 0 Å². The predicted octanol–water partition coefficient (Wildman–Crippen LogP) is 1.58. The van der Waals surface area contributed by atoms with Gasteiger partial charge in [-0.05, 0) is 37.6 Å². The summed E-state index contributed by atoms with van der Waals surface area (Å²) in [5, 5.41) is 0. The molecule has 0 spiro atoms. The average Bonchev–Trinajstić information content (AvgIpc) is 2.61. The standard InChI is InChI=1S/C17H19FN4O3S/c1-11-19-6-5-17(20-11)21-9-12-7-13(10-21)22(12)26(23,24)14-3-4-16(25-2)15(18)8-14/h3-6,8,12-13H,7,9-10H2,1-2H3. The second-order valence-corrected chi connectivity index (χ2v) is 8.38. The lowest BCUT2D eigenvalue weighted by Gasteiger charge is -2.55. The van der Waals surface area contributed by atoms with Gasteiger partial charge in [0.05, 0.1) is 12.0 Å². The van der Waals surface area contributed by atoms with Crippen LogP contribution in [0.25, 0.3) is 0 Å². The molecule has 2 atom stereocenters. The van der Waals surface area contributed by atoms with E-state index in [4.69, 9.17) is 4.74 Å². The monoisotopic (exact) mass is 378 g/mol. The van der Waals surface area contributed by atoms with E-state index in [0.717, 1.165) is 18.3 Å². The summed E-state index contributed by atoms with van der Waals surface area (Å²) in [5.41, 5.74) is 0. The van der Waals surface area contributed by atoms with E-state index in [1.165, 1.54) is 23.5 Å². The van der Waals surface area contributed by atoms with Crippen molar-refractivity contribution >= 4 is 15.8 Å². The fraction of sp³-hybridized carbons (Fsp3) is 0.412. The van der Waals surface area contributed by atoms with Gasteiger partial charge in [0, 0.05) is 31.4 Å². The third-order valence-electron chi connectivity index (χ3n) is 4.91. The van der Waals surface area contributed by atoms with Crippen molar-refractivity contribution in [2.75, 3.05) is 25.1 Å². The maximum atomic E-state index is 13.9. The minimum Gasteiger partial charge on any atom is -0.494 e. The highest BCUT2D eigenvalue weighted by molar-refractivity contribution is 7.89. The lowest BCUT2D eigenvalue weighted by molar-refractivity contribution is 0.0874. The van der Waals surface area contributed by atoms with Gasteiger partial charge in [-0.3, -0.25) is 0 Å². The van der Waals surface area contributed by atoms with E-state index in [0.29, 0.717) is 18.9 Å². The summed E-state index contributed by atoms with van der Waals surface area (Å²) in [6.07, 6.45) is 2.50. The summed E-state index contributed by atoms with van der Waals surface area (Å²) in [6.45, 7) is 2.94. The molecule has 0 N–H and O–H groups in total. The smallest absolute Gasteiger partial charge is 0.243 e. The molecule has 3 aliphatic rings. The van der Waals surface area contributed by atoms with Crippen molar-refractivity contribution in [3.63, 3.8) is 0 Å². The minimum atomic E-state index is -3.74. The van der Waals surface area contributed by atoms with E-state index in [2.05, 4.69) is 14.9 Å². The molecule has 0 saturated carbocycles. The van der Waals surface area contributed by atoms with Crippen LogP contribution in [0.3, 0.4) is 0 Å². The normalized spacial score (nSPS) is 22.8. The SMILES string of the molecule is COc1ccc(S(=O)(=O)N2C3CC2CN(c2ccnc(C)n2)C3)cc1F. The number of ether oxygens (including phenoxy) is 1. The Morgan fingerprint density at radius 3 is 2.58 bits per heavy atom. The van der Waals surface area contributed by atoms with Crippen LogP contribution in [-0.4, -0.2) is 55.0 Å². The predicted molar refractivity (Wildman–Crippen MR) is 93.2 cm³/mol. The zero-order valence-electron chi connectivity index (χ0n) is 14.5. The van der Waals surface area contributed by atoms with Crippen LogP contribution in [-0.2, 0) is 10.0 Å². The van der Waals surface area contributed by atoms with Crippen molar-refractivity contribution in [2.24, 2.45) is 0 Å². The average molecular weight is 378 g/mol. The Morgan fingerprint density at radius 2 is 1.96 bits per heavy atom. The van der Waals surface area contributed by atoms with Gasteiger partial charge in [-0.15, -0.1) is 0 Å². The zero-order valence-corrected chi connectivity index (χ0v) is 15.3. The van der Waals surface area contributed by atoms with Crippen LogP contribution in [0, 0.1) is 12.7 Å². The van der Waals surface area contributed by atoms with Crippen LogP contribution in [0.2, 0.25) is 0 Å². The highest BCUT2D eigenvalue weighted by atomic mass is 32.2. The molecule has 3 saturated heterocycles. The molecule has 26 heavy (non-hydrogen) atoms. The summed E-state index contributed by atoms with van der Waals surface area (Å²) >= 11 is 0. The molecule has 2 unspecified atom stereocenters. The number of sulfonamides is 1. The van der Waals surface area contributed by atoms with Crippen LogP contribution in [0.5, 0.6) is 5.75 Å². The molecule has 7 nitrogen and oxygen atoms in total. The molecule has 2 bridgehead atoms. The molecule has 3 aliphatic heterocycles. The molecule has 0 aliphatic carbocycles. The van der Waals surface area contributed by atoms with Crippen molar-refractivity contribution in [1.82, 2.24) is 14.3 Å². The Labute approximate surface area is 151 Å². The largest absolute Gasteiger partial charge is 0.494 e. The van der Waals surface area contributed by atoms with Crippen molar-refractivity contribution < 1.29 is 17.5 Å². The molecular weight excluding hydrogens is 359 g/mol. The van der Waals surface area contributed by atoms with Gasteiger partial charge < -0.3 is 9.64 Å². The maximum Gasteiger partial charge on any atom is 0.243 e. The molecular formula is C17H19FN4O3S. The second kappa shape index (κ2) is 6.17. The first-order valence-corrected chi connectivity index (χ1v) is 9.76. The summed E-state index contributed by atoms with van der Waals surface area (Å²) in [5.74, 6) is 0.829. The lowest BCUT2D eigenvalue weighted by Crippen LogP contribution is -2.70. The van der Waals surface area contributed by atoms with E-state index in [-0.39, 0.29) is 22.7 Å². The van der Waals surface area contributed by atoms with Gasteiger partial charge in [0.25, 0.3) is 0 Å². The molecule has 1 aromatic carbocycles. The number of benzene rings is 1. The fourth-order valence-electron chi connectivity index (χ4n) is 3.70. The number of piperidine rings is 1. The van der Waals surface area contributed by atoms with Crippen molar-refractivity contribution in [1.29, 1.82) is 0 Å². The first-order valence-electron chi connectivity index (χ1n) is 8.32. The van der Waals surface area contributed by atoms with E-state index in [1.807, 2.05) is 13.0 Å². The molecule has 0 radical (unpaired) electrons. The minimum absolute atomic E-state index is 0.0260. The first kappa shape index (κ1) is 17.2. The van der Waals surface area contributed by atoms with Gasteiger partial charge in [0.2, 0.25) is 10.0 Å². The van der Waals surface area contributed by atoms with E-state index in [9.17, 15) is 12.8 Å². The number of methoxy groups -OCH3 is 1. The Bertz CT molecular complexity index is 941. The molecule has 9 heteroatoms. The quantitative estimate of drug-likeness (QED) is 0.804. The van der Waals surface area contributed by atoms with Crippen molar-refractivity contribution in [3.05, 3.63) is 42.1 Å². The molecule has 4 heterocycles. The number of nitrogens with zero attached hydrogens (tertiary/aromatic N) is 4. The molecule has 2 aromatic rings. The number of piperazine rings is 1. The van der Waals surface area contributed by atoms with Gasteiger partial charge in [-0.1, -0.05) is 0 Å².